The molecule has 126 heavy (non-hydrogen) atoms. The predicted molar refractivity (Wildman–Crippen MR) is 447 cm³/mol. The molecule has 664 valence electrons. The number of nitrogens with two attached hydrogens (primary N) is 2. The number of hydrogen-bond acceptors (Lipinski definition) is 27. The fourth-order valence-electron chi connectivity index (χ4n) is 15.4. The molecule has 0 spiro atoms. The third kappa shape index (κ3) is 20.7. The van der Waals surface area contributed by atoms with Crippen LogP contribution >= 0.6 is 23.2 Å². The Hall–Kier alpha value is -12.5. The Morgan fingerprint density at radius 1 is 0.659 bits per heavy atom. The topological polar surface area (TPSA) is 569 Å². The molecule has 2 fully saturated rings. The molecule has 7 aliphatic rings. The van der Waals surface area contributed by atoms with Crippen LogP contribution in [-0.2, 0) is 76.7 Å². The van der Waals surface area contributed by atoms with E-state index in [0.29, 0.717) is 29.9 Å². The number of aliphatic hydroxyl groups excluding tert-OH is 6. The average Bonchev–Trinajstić information content (AvgIpc) is 0.765. The third-order valence-corrected chi connectivity index (χ3v) is 22.7. The van der Waals surface area contributed by atoms with Crippen LogP contribution in [0.25, 0.3) is 11.1 Å². The van der Waals surface area contributed by atoms with Crippen molar-refractivity contribution >= 4 is 76.4 Å². The molecule has 7 aliphatic heterocycles. The number of nitrogens with one attached hydrogen (secondary N) is 8. The van der Waals surface area contributed by atoms with Crippen molar-refractivity contribution in [3.63, 3.8) is 0 Å². The third-order valence-electron chi connectivity index (χ3n) is 22.1. The van der Waals surface area contributed by atoms with Gasteiger partial charge in [0.1, 0.15) is 107 Å². The van der Waals surface area contributed by atoms with E-state index in [9.17, 15) is 65.4 Å². The summed E-state index contributed by atoms with van der Waals surface area (Å²) >= 11 is 14.4. The number of aromatic hydroxyl groups is 3. The van der Waals surface area contributed by atoms with Crippen LogP contribution in [0.1, 0.15) is 108 Å². The van der Waals surface area contributed by atoms with Gasteiger partial charge in [-0.2, -0.15) is 0 Å². The summed E-state index contributed by atoms with van der Waals surface area (Å²) < 4.78 is 45.5. The minimum absolute atomic E-state index is 0.110. The lowest BCUT2D eigenvalue weighted by Gasteiger charge is -2.48. The van der Waals surface area contributed by atoms with Gasteiger partial charge in [-0.1, -0.05) is 120 Å². The van der Waals surface area contributed by atoms with E-state index >= 15 is 28.8 Å². The first-order valence-corrected chi connectivity index (χ1v) is 40.6. The summed E-state index contributed by atoms with van der Waals surface area (Å²) in [7, 11) is 0. The van der Waals surface area contributed by atoms with E-state index < -0.39 is 260 Å². The average molecular weight is 1780 g/mol. The van der Waals surface area contributed by atoms with Crippen LogP contribution < -0.4 is 72.9 Å². The second kappa shape index (κ2) is 39.3. The summed E-state index contributed by atoms with van der Waals surface area (Å²) in [5.74, 6) is -17.2. The molecule has 8 amide bonds. The quantitative estimate of drug-likeness (QED) is 0.0321. The number of phenolic OH excluding ortho intramolecular Hbond substituents is 3. The monoisotopic (exact) mass is 1770 g/mol. The number of benzene rings is 8. The summed E-state index contributed by atoms with van der Waals surface area (Å²) in [5.41, 5.74) is 9.67. The summed E-state index contributed by atoms with van der Waals surface area (Å²) in [5, 5.41) is 138. The molecule has 38 heteroatoms. The number of rotatable bonds is 23. The zero-order valence-corrected chi connectivity index (χ0v) is 68.8. The van der Waals surface area contributed by atoms with Crippen LogP contribution in [0.2, 0.25) is 10.0 Å². The van der Waals surface area contributed by atoms with Gasteiger partial charge in [0.15, 0.2) is 23.9 Å². The van der Waals surface area contributed by atoms with Crippen molar-refractivity contribution in [2.75, 3.05) is 13.2 Å². The molecule has 22 N–H and O–H groups in total. The minimum atomic E-state index is -2.42. The van der Waals surface area contributed by atoms with E-state index in [4.69, 9.17) is 67.8 Å². The normalized spacial score (nSPS) is 25.9. The molecule has 0 saturated carbocycles. The van der Waals surface area contributed by atoms with Crippen molar-refractivity contribution in [1.29, 1.82) is 0 Å². The molecule has 15 rings (SSSR count). The second-order valence-electron chi connectivity index (χ2n) is 31.1. The number of hydrogen-bond donors (Lipinski definition) is 20. The number of amides is 8. The van der Waals surface area contributed by atoms with Crippen LogP contribution in [0.15, 0.2) is 176 Å². The van der Waals surface area contributed by atoms with Gasteiger partial charge in [-0.05, 0) is 138 Å². The van der Waals surface area contributed by atoms with Gasteiger partial charge in [-0.3, -0.25) is 38.4 Å². The standard InChI is InChI=1S/C88H92Cl2N10O26/c1-4-5-25-120-49-18-12-17-43(26-49)38-93-88(3)37-65(121-40(2)78(88)110)125-77-75(109)74(108)63(39-101)124-87(77)126-76-61-32-47-33-62(76)123-60-24-21-46(31-53(60)90)73(107)71-85(117)98-69(83(115)95-56(86(118)119)28-42-15-10-7-11-16-42)51-34-48(102)35-58(104)66(51)50-29-44(19-22-57(50)103)67(81(113)100-71)97-82(114)68(47)96-80(112)55(36-64(92)105)94-84(116)70(72(106)45-20-23-59(122-61)52(89)30-45)99-79(111)54(91)27-41-13-8-6-9-14-41/h4,6-24,26,29-35,40,54-56,63,65,67-75,77-78,87,93,101-104,106-110H,1,5,25,27-28,36-39,91H2,2-3H3,(H2,92,105)(H,94,116)(H,95,115)(H,96,112)(H,97,114)(H,98,117)(H,99,111)(H,100,113)(H,118,119)/t40-,54-,55-,56-,63+,65-,67+,68+,69-,70+,71-,72+,73+,74+,75-,77+,78+,87-,88-/m0/s1. The number of carboxylic acid groups (broad SMARTS) is 1. The molecule has 0 aromatic heterocycles. The van der Waals surface area contributed by atoms with Gasteiger partial charge in [0.2, 0.25) is 59.3 Å². The lowest BCUT2D eigenvalue weighted by molar-refractivity contribution is -0.334. The number of phenols is 3. The number of carbonyl (C=O) groups is 9. The lowest BCUT2D eigenvalue weighted by atomic mass is 9.84. The minimum Gasteiger partial charge on any atom is -0.508 e. The Morgan fingerprint density at radius 3 is 1.91 bits per heavy atom. The molecule has 7 heterocycles. The first kappa shape index (κ1) is 91.2. The van der Waals surface area contributed by atoms with E-state index in [-0.39, 0.29) is 42.7 Å². The summed E-state index contributed by atoms with van der Waals surface area (Å²) in [6, 6.07) is 20.3. The fraction of sp³-hybridized carbons (Fsp3) is 0.330. The largest absolute Gasteiger partial charge is 0.508 e. The highest BCUT2D eigenvalue weighted by atomic mass is 35.5. The van der Waals surface area contributed by atoms with Crippen molar-refractivity contribution in [3.8, 4) is 62.9 Å². The molecule has 0 aliphatic carbocycles. The first-order chi connectivity index (χ1) is 60.2. The molecular weight excluding hydrogens is 1680 g/mol. The van der Waals surface area contributed by atoms with Crippen molar-refractivity contribution in [2.45, 2.75) is 168 Å². The molecule has 0 radical (unpaired) electrons. The zero-order chi connectivity index (χ0) is 90.3. The lowest BCUT2D eigenvalue weighted by Crippen LogP contribution is -2.65. The number of aliphatic carboxylic acids is 1. The number of aliphatic hydroxyl groups is 6. The van der Waals surface area contributed by atoms with Gasteiger partial charge in [0.25, 0.3) is 0 Å². The first-order valence-electron chi connectivity index (χ1n) is 39.9. The molecule has 19 atom stereocenters. The Bertz CT molecular complexity index is 5450. The van der Waals surface area contributed by atoms with Gasteiger partial charge < -0.3 is 138 Å². The summed E-state index contributed by atoms with van der Waals surface area (Å²) in [6.45, 7) is 6.51. The van der Waals surface area contributed by atoms with Gasteiger partial charge in [-0.15, -0.1) is 6.58 Å². The van der Waals surface area contributed by atoms with E-state index in [0.717, 1.165) is 72.3 Å². The maximum Gasteiger partial charge on any atom is 0.326 e. The Morgan fingerprint density at radius 2 is 1.28 bits per heavy atom. The number of primary amides is 1. The smallest absolute Gasteiger partial charge is 0.326 e. The maximum atomic E-state index is 16.4. The number of carboxylic acids is 1. The number of ether oxygens (including phenoxy) is 7. The van der Waals surface area contributed by atoms with Crippen molar-refractivity contribution in [2.24, 2.45) is 11.5 Å². The van der Waals surface area contributed by atoms with Gasteiger partial charge in [0, 0.05) is 42.1 Å². The molecule has 8 aromatic carbocycles. The van der Waals surface area contributed by atoms with Crippen LogP contribution in [-0.4, -0.2) is 202 Å². The van der Waals surface area contributed by atoms with E-state index in [1.807, 2.05) is 6.07 Å². The molecule has 2 saturated heterocycles. The van der Waals surface area contributed by atoms with E-state index in [1.54, 1.807) is 98.8 Å². The summed E-state index contributed by atoms with van der Waals surface area (Å²) in [4.78, 5) is 134. The van der Waals surface area contributed by atoms with Crippen LogP contribution in [0.3, 0.4) is 0 Å². The molecule has 11 bridgehead atoms. The highest BCUT2D eigenvalue weighted by Crippen LogP contribution is 2.50. The van der Waals surface area contributed by atoms with Crippen LogP contribution in [0, 0.1) is 0 Å². The van der Waals surface area contributed by atoms with Gasteiger partial charge >= 0.3 is 5.97 Å². The Kier molecular flexibility index (Phi) is 28.5. The highest BCUT2D eigenvalue weighted by Gasteiger charge is 2.52. The zero-order valence-electron chi connectivity index (χ0n) is 67.3. The molecule has 0 unspecified atom stereocenters. The number of carbonyl (C=O) groups excluding carboxylic acids is 8. The van der Waals surface area contributed by atoms with Crippen LogP contribution in [0.5, 0.6) is 51.7 Å². The molecule has 8 aromatic rings. The Labute approximate surface area is 729 Å². The molecule has 36 nitrogen and oxygen atoms in total. The number of halogens is 2. The van der Waals surface area contributed by atoms with E-state index in [1.165, 1.54) is 12.1 Å². The van der Waals surface area contributed by atoms with Crippen molar-refractivity contribution in [1.82, 2.24) is 42.5 Å². The van der Waals surface area contributed by atoms with Crippen LogP contribution in [0.4, 0.5) is 0 Å². The predicted octanol–water partition coefficient (Wildman–Crippen LogP) is 3.56. The highest BCUT2D eigenvalue weighted by molar-refractivity contribution is 6.32. The van der Waals surface area contributed by atoms with Gasteiger partial charge in [0.05, 0.1) is 47.9 Å². The molecular formula is C88H92Cl2N10O26. The second-order valence-corrected chi connectivity index (χ2v) is 31.9. The SMILES string of the molecule is C=CCCOc1cccc(CN[C@@]2(C)C[C@H](O[C@H]3[C@H](Oc4c5cc6cc4Oc4ccc(cc4Cl)[C@@H](O)[C@@H](NC(=O)[C@@H](N)Cc4ccccc4)C(=O)N[C@@H](CC(N)=O)C(=O)N[C@H]6C(=O)N[C@H]4C(=O)N[C@H](C(=O)N[C@H](C(=O)N[C@@H](Cc6ccccc6)C(=O)O)c6cc(O)cc(O)c6-c6cc4ccc6O)[C@H](O)c4ccc(c(Cl)c4)O5)O[C@H](CO)[C@@H](O)[C@@H]3O)O[C@@H](C)[C@H]2O)c1. The van der Waals surface area contributed by atoms with Crippen molar-refractivity contribution in [3.05, 3.63) is 231 Å². The summed E-state index contributed by atoms with van der Waals surface area (Å²) in [6.07, 6.45) is -17.5. The number of fused-ring (bicyclic) bond motifs is 15. The van der Waals surface area contributed by atoms with Crippen molar-refractivity contribution < 1.29 is 127 Å². The van der Waals surface area contributed by atoms with Gasteiger partial charge in [-0.25, -0.2) is 4.79 Å². The maximum absolute atomic E-state index is 16.4. The Balaban J connectivity index is 0.987. The van der Waals surface area contributed by atoms with E-state index in [2.05, 4.69) is 49.1 Å². The fourth-order valence-corrected chi connectivity index (χ4v) is 15.9.